The standard InChI is InChI=1S/C21H34N4O/c1-4-14-25-15-11-19(12-16-25)24-21(22-5-2)23-13-8-17-26-20-10-7-6-9-18(20)3/h4,6-7,9-10,19H,1,5,8,11-17H2,2-3H3,(H2,22,23,24). The molecule has 5 nitrogen and oxygen atoms in total. The minimum Gasteiger partial charge on any atom is -0.493 e. The lowest BCUT2D eigenvalue weighted by atomic mass is 10.1. The maximum absolute atomic E-state index is 5.84. The Hall–Kier alpha value is -2.01. The number of guanidine groups is 1. The Kier molecular flexibility index (Phi) is 9.04. The minimum atomic E-state index is 0.497. The van der Waals surface area contributed by atoms with Crippen molar-refractivity contribution in [3.05, 3.63) is 42.5 Å². The van der Waals surface area contributed by atoms with Gasteiger partial charge in [-0.05, 0) is 38.3 Å². The van der Waals surface area contributed by atoms with Crippen LogP contribution in [0.25, 0.3) is 0 Å². The molecule has 1 aromatic rings. The van der Waals surface area contributed by atoms with E-state index in [4.69, 9.17) is 9.73 Å². The first-order valence-electron chi connectivity index (χ1n) is 9.79. The smallest absolute Gasteiger partial charge is 0.191 e. The summed E-state index contributed by atoms with van der Waals surface area (Å²) in [6, 6.07) is 8.62. The van der Waals surface area contributed by atoms with Gasteiger partial charge in [0.05, 0.1) is 6.61 Å². The number of para-hydroxylation sites is 1. The van der Waals surface area contributed by atoms with E-state index in [9.17, 15) is 0 Å². The van der Waals surface area contributed by atoms with Gasteiger partial charge >= 0.3 is 0 Å². The van der Waals surface area contributed by atoms with Crippen LogP contribution in [-0.2, 0) is 0 Å². The van der Waals surface area contributed by atoms with Crippen LogP contribution < -0.4 is 15.4 Å². The lowest BCUT2D eigenvalue weighted by Crippen LogP contribution is -2.48. The number of aryl methyl sites for hydroxylation is 1. The van der Waals surface area contributed by atoms with Gasteiger partial charge in [0, 0.05) is 45.2 Å². The molecule has 0 spiro atoms. The van der Waals surface area contributed by atoms with Crippen LogP contribution in [0.15, 0.2) is 41.9 Å². The van der Waals surface area contributed by atoms with Crippen LogP contribution in [0.3, 0.4) is 0 Å². The van der Waals surface area contributed by atoms with Crippen molar-refractivity contribution in [3.63, 3.8) is 0 Å². The SMILES string of the molecule is C=CCN1CCC(NC(=NCCCOc2ccccc2C)NCC)CC1. The molecule has 1 saturated heterocycles. The fourth-order valence-electron chi connectivity index (χ4n) is 3.11. The molecule has 1 fully saturated rings. The van der Waals surface area contributed by atoms with Crippen LogP contribution in [0.4, 0.5) is 0 Å². The highest BCUT2D eigenvalue weighted by Crippen LogP contribution is 2.16. The van der Waals surface area contributed by atoms with Gasteiger partial charge in [0.1, 0.15) is 5.75 Å². The van der Waals surface area contributed by atoms with E-state index in [1.165, 1.54) is 5.56 Å². The highest BCUT2D eigenvalue weighted by atomic mass is 16.5. The van der Waals surface area contributed by atoms with E-state index < -0.39 is 0 Å². The molecule has 0 saturated carbocycles. The normalized spacial score (nSPS) is 16.3. The number of hydrogen-bond donors (Lipinski definition) is 2. The molecule has 2 N–H and O–H groups in total. The molecule has 1 aromatic carbocycles. The lowest BCUT2D eigenvalue weighted by Gasteiger charge is -2.32. The zero-order chi connectivity index (χ0) is 18.6. The molecular weight excluding hydrogens is 324 g/mol. The summed E-state index contributed by atoms with van der Waals surface area (Å²) < 4.78 is 5.84. The molecule has 0 aliphatic carbocycles. The number of piperidine rings is 1. The van der Waals surface area contributed by atoms with Crippen molar-refractivity contribution in [3.8, 4) is 5.75 Å². The highest BCUT2D eigenvalue weighted by Gasteiger charge is 2.18. The second kappa shape index (κ2) is 11.6. The Morgan fingerprint density at radius 1 is 1.35 bits per heavy atom. The van der Waals surface area contributed by atoms with Gasteiger partial charge in [-0.25, -0.2) is 0 Å². The second-order valence-electron chi connectivity index (χ2n) is 6.74. The van der Waals surface area contributed by atoms with E-state index in [0.29, 0.717) is 12.6 Å². The third kappa shape index (κ3) is 7.08. The summed E-state index contributed by atoms with van der Waals surface area (Å²) in [6.07, 6.45) is 5.18. The molecule has 0 radical (unpaired) electrons. The Morgan fingerprint density at radius 3 is 2.81 bits per heavy atom. The van der Waals surface area contributed by atoms with Crippen LogP contribution in [0.1, 0.15) is 31.7 Å². The summed E-state index contributed by atoms with van der Waals surface area (Å²) in [7, 11) is 0. The van der Waals surface area contributed by atoms with Crippen LogP contribution >= 0.6 is 0 Å². The Labute approximate surface area is 158 Å². The zero-order valence-corrected chi connectivity index (χ0v) is 16.3. The lowest BCUT2D eigenvalue weighted by molar-refractivity contribution is 0.225. The second-order valence-corrected chi connectivity index (χ2v) is 6.74. The van der Waals surface area contributed by atoms with Crippen molar-refractivity contribution in [1.29, 1.82) is 0 Å². The van der Waals surface area contributed by atoms with E-state index in [2.05, 4.69) is 42.0 Å². The molecule has 5 heteroatoms. The number of nitrogens with one attached hydrogen (secondary N) is 2. The molecule has 1 aliphatic heterocycles. The maximum atomic E-state index is 5.84. The number of likely N-dealkylation sites (tertiary alicyclic amines) is 1. The van der Waals surface area contributed by atoms with Crippen molar-refractivity contribution >= 4 is 5.96 Å². The fourth-order valence-corrected chi connectivity index (χ4v) is 3.11. The summed E-state index contributed by atoms with van der Waals surface area (Å²) in [5.41, 5.74) is 1.17. The first-order valence-corrected chi connectivity index (χ1v) is 9.79. The van der Waals surface area contributed by atoms with Crippen molar-refractivity contribution in [2.45, 2.75) is 39.2 Å². The van der Waals surface area contributed by atoms with Gasteiger partial charge in [-0.1, -0.05) is 24.3 Å². The van der Waals surface area contributed by atoms with Crippen LogP contribution in [0, 0.1) is 6.92 Å². The van der Waals surface area contributed by atoms with E-state index in [1.807, 2.05) is 24.3 Å². The first-order chi connectivity index (χ1) is 12.7. The van der Waals surface area contributed by atoms with Gasteiger partial charge in [0.15, 0.2) is 5.96 Å². The molecule has 26 heavy (non-hydrogen) atoms. The van der Waals surface area contributed by atoms with E-state index >= 15 is 0 Å². The summed E-state index contributed by atoms with van der Waals surface area (Å²) in [6.45, 7) is 13.5. The average Bonchev–Trinajstić information content (AvgIpc) is 2.65. The van der Waals surface area contributed by atoms with Gasteiger partial charge < -0.3 is 15.4 Å². The molecule has 2 rings (SSSR count). The molecule has 144 valence electrons. The third-order valence-electron chi connectivity index (χ3n) is 4.58. The summed E-state index contributed by atoms with van der Waals surface area (Å²) in [5.74, 6) is 1.89. The molecular formula is C21H34N4O. The van der Waals surface area contributed by atoms with Gasteiger partial charge in [-0.2, -0.15) is 0 Å². The van der Waals surface area contributed by atoms with Gasteiger partial charge in [0.25, 0.3) is 0 Å². The van der Waals surface area contributed by atoms with E-state index in [1.54, 1.807) is 0 Å². The maximum Gasteiger partial charge on any atom is 0.191 e. The van der Waals surface area contributed by atoms with Crippen LogP contribution in [0.2, 0.25) is 0 Å². The monoisotopic (exact) mass is 358 g/mol. The van der Waals surface area contributed by atoms with Crippen molar-refractivity contribution in [1.82, 2.24) is 15.5 Å². The Balaban J connectivity index is 1.71. The van der Waals surface area contributed by atoms with Crippen LogP contribution in [0.5, 0.6) is 5.75 Å². The average molecular weight is 359 g/mol. The topological polar surface area (TPSA) is 48.9 Å². The molecule has 0 unspecified atom stereocenters. The van der Waals surface area contributed by atoms with Crippen molar-refractivity contribution in [2.75, 3.05) is 39.3 Å². The molecule has 0 bridgehead atoms. The number of nitrogens with zero attached hydrogens (tertiary/aromatic N) is 2. The van der Waals surface area contributed by atoms with Crippen molar-refractivity contribution < 1.29 is 4.74 Å². The predicted octanol–water partition coefficient (Wildman–Crippen LogP) is 2.97. The number of hydrogen-bond acceptors (Lipinski definition) is 3. The van der Waals surface area contributed by atoms with Gasteiger partial charge in [-0.3, -0.25) is 9.89 Å². The quantitative estimate of drug-likeness (QED) is 0.308. The Morgan fingerprint density at radius 2 is 2.12 bits per heavy atom. The van der Waals surface area contributed by atoms with Crippen LogP contribution in [-0.4, -0.2) is 56.2 Å². The van der Waals surface area contributed by atoms with Gasteiger partial charge in [0.2, 0.25) is 0 Å². The van der Waals surface area contributed by atoms with Crippen molar-refractivity contribution in [2.24, 2.45) is 4.99 Å². The Bertz CT molecular complexity index is 565. The van der Waals surface area contributed by atoms with E-state index in [-0.39, 0.29) is 0 Å². The third-order valence-corrected chi connectivity index (χ3v) is 4.58. The minimum absolute atomic E-state index is 0.497. The number of aliphatic imine (C=N–C) groups is 1. The fraction of sp³-hybridized carbons (Fsp3) is 0.571. The molecule has 0 amide bonds. The van der Waals surface area contributed by atoms with E-state index in [0.717, 1.165) is 63.7 Å². The first kappa shape index (κ1) is 20.3. The number of rotatable bonds is 9. The molecule has 0 aromatic heterocycles. The number of benzene rings is 1. The summed E-state index contributed by atoms with van der Waals surface area (Å²) in [5, 5.41) is 6.94. The van der Waals surface area contributed by atoms with Gasteiger partial charge in [-0.15, -0.1) is 6.58 Å². The zero-order valence-electron chi connectivity index (χ0n) is 16.3. The largest absolute Gasteiger partial charge is 0.493 e. The molecule has 1 heterocycles. The molecule has 1 aliphatic rings. The highest BCUT2D eigenvalue weighted by molar-refractivity contribution is 5.80. The predicted molar refractivity (Wildman–Crippen MR) is 110 cm³/mol. The summed E-state index contributed by atoms with van der Waals surface area (Å²) in [4.78, 5) is 7.14. The number of ether oxygens (including phenoxy) is 1. The summed E-state index contributed by atoms with van der Waals surface area (Å²) >= 11 is 0. The molecule has 0 atom stereocenters.